The SMILES string of the molecule is CC.COOc1ccc2[nH]cc(CCN)c2c1. The highest BCUT2D eigenvalue weighted by Crippen LogP contribution is 2.23. The van der Waals surface area contributed by atoms with E-state index in [-0.39, 0.29) is 0 Å². The summed E-state index contributed by atoms with van der Waals surface area (Å²) >= 11 is 0. The quantitative estimate of drug-likeness (QED) is 0.633. The van der Waals surface area contributed by atoms with Gasteiger partial charge in [-0.05, 0) is 36.7 Å². The summed E-state index contributed by atoms with van der Waals surface area (Å²) in [6.45, 7) is 4.64. The summed E-state index contributed by atoms with van der Waals surface area (Å²) < 4.78 is 0. The van der Waals surface area contributed by atoms with Crippen molar-refractivity contribution >= 4 is 10.9 Å². The first-order valence-electron chi connectivity index (χ1n) is 5.86. The van der Waals surface area contributed by atoms with E-state index in [1.807, 2.05) is 38.2 Å². The minimum Gasteiger partial charge on any atom is -0.361 e. The molecular formula is C13H20N2O2. The summed E-state index contributed by atoms with van der Waals surface area (Å²) in [6, 6.07) is 5.76. The number of rotatable bonds is 4. The van der Waals surface area contributed by atoms with Crippen molar-refractivity contribution in [3.63, 3.8) is 0 Å². The number of hydrogen-bond acceptors (Lipinski definition) is 3. The number of aromatic nitrogens is 1. The van der Waals surface area contributed by atoms with Gasteiger partial charge in [0.15, 0.2) is 5.75 Å². The molecule has 3 N–H and O–H groups in total. The fourth-order valence-corrected chi connectivity index (χ4v) is 1.67. The van der Waals surface area contributed by atoms with Crippen molar-refractivity contribution < 1.29 is 9.78 Å². The highest BCUT2D eigenvalue weighted by molar-refractivity contribution is 5.84. The molecule has 0 fully saturated rings. The number of aromatic amines is 1. The third kappa shape index (κ3) is 3.22. The van der Waals surface area contributed by atoms with Crippen molar-refractivity contribution in [3.8, 4) is 5.75 Å². The minimum atomic E-state index is 0.641. The van der Waals surface area contributed by atoms with Crippen molar-refractivity contribution in [2.45, 2.75) is 20.3 Å². The topological polar surface area (TPSA) is 60.3 Å². The molecule has 4 heteroatoms. The van der Waals surface area contributed by atoms with E-state index >= 15 is 0 Å². The van der Waals surface area contributed by atoms with E-state index in [1.165, 1.54) is 12.7 Å². The first-order chi connectivity index (χ1) is 8.35. The van der Waals surface area contributed by atoms with E-state index < -0.39 is 0 Å². The molecule has 17 heavy (non-hydrogen) atoms. The van der Waals surface area contributed by atoms with E-state index in [0.29, 0.717) is 12.3 Å². The molecule has 2 aromatic rings. The second kappa shape index (κ2) is 6.93. The summed E-state index contributed by atoms with van der Waals surface area (Å²) in [6.07, 6.45) is 2.84. The van der Waals surface area contributed by atoms with Gasteiger partial charge in [0.2, 0.25) is 0 Å². The zero-order chi connectivity index (χ0) is 12.7. The van der Waals surface area contributed by atoms with E-state index in [1.54, 1.807) is 0 Å². The van der Waals surface area contributed by atoms with Crippen LogP contribution < -0.4 is 10.6 Å². The molecule has 1 heterocycles. The van der Waals surface area contributed by atoms with Crippen molar-refractivity contribution in [1.29, 1.82) is 0 Å². The van der Waals surface area contributed by atoms with Crippen molar-refractivity contribution in [1.82, 2.24) is 4.98 Å². The van der Waals surface area contributed by atoms with Gasteiger partial charge in [-0.1, -0.05) is 13.8 Å². The van der Waals surface area contributed by atoms with Gasteiger partial charge in [0.05, 0.1) is 7.11 Å². The Bertz CT molecular complexity index is 452. The Morgan fingerprint density at radius 1 is 1.29 bits per heavy atom. The molecule has 0 bridgehead atoms. The summed E-state index contributed by atoms with van der Waals surface area (Å²) in [5, 5.41) is 1.13. The highest BCUT2D eigenvalue weighted by Gasteiger charge is 2.04. The third-order valence-corrected chi connectivity index (χ3v) is 2.33. The zero-order valence-electron chi connectivity index (χ0n) is 10.6. The molecule has 0 radical (unpaired) electrons. The van der Waals surface area contributed by atoms with E-state index in [9.17, 15) is 0 Å². The molecule has 2 rings (SSSR count). The molecule has 0 aliphatic heterocycles. The number of fused-ring (bicyclic) bond motifs is 1. The molecule has 1 aromatic heterocycles. The van der Waals surface area contributed by atoms with Gasteiger partial charge in [-0.15, -0.1) is 0 Å². The minimum absolute atomic E-state index is 0.641. The molecule has 0 saturated carbocycles. The van der Waals surface area contributed by atoms with Gasteiger partial charge >= 0.3 is 0 Å². The zero-order valence-corrected chi connectivity index (χ0v) is 10.6. The summed E-state index contributed by atoms with van der Waals surface area (Å²) in [5.41, 5.74) is 7.83. The Morgan fingerprint density at radius 3 is 2.71 bits per heavy atom. The standard InChI is InChI=1S/C11H14N2O2.C2H6/c1-14-15-9-2-3-11-10(6-9)8(4-5-12)7-13-11;1-2/h2-3,6-7,13H,4-5,12H2,1H3;1-2H3. The van der Waals surface area contributed by atoms with Crippen LogP contribution >= 0.6 is 0 Å². The van der Waals surface area contributed by atoms with Crippen LogP contribution in [0, 0.1) is 0 Å². The molecule has 0 aliphatic carbocycles. The molecule has 4 nitrogen and oxygen atoms in total. The maximum absolute atomic E-state index is 5.54. The lowest BCUT2D eigenvalue weighted by molar-refractivity contribution is -0.178. The lowest BCUT2D eigenvalue weighted by Crippen LogP contribution is -2.01. The molecule has 0 saturated heterocycles. The van der Waals surface area contributed by atoms with E-state index in [0.717, 1.165) is 17.3 Å². The molecule has 0 unspecified atom stereocenters. The van der Waals surface area contributed by atoms with Crippen molar-refractivity contribution in [2.75, 3.05) is 13.7 Å². The maximum atomic E-state index is 5.54. The molecule has 0 amide bonds. The fraction of sp³-hybridized carbons (Fsp3) is 0.385. The summed E-state index contributed by atoms with van der Waals surface area (Å²) in [4.78, 5) is 12.8. The molecule has 0 aliphatic rings. The molecule has 94 valence electrons. The van der Waals surface area contributed by atoms with Crippen LogP contribution in [-0.2, 0) is 11.3 Å². The highest BCUT2D eigenvalue weighted by atomic mass is 17.2. The predicted molar refractivity (Wildman–Crippen MR) is 70.0 cm³/mol. The van der Waals surface area contributed by atoms with Crippen molar-refractivity contribution in [2.24, 2.45) is 5.73 Å². The molecular weight excluding hydrogens is 216 g/mol. The van der Waals surface area contributed by atoms with Crippen LogP contribution in [0.15, 0.2) is 24.4 Å². The van der Waals surface area contributed by atoms with Crippen LogP contribution in [-0.4, -0.2) is 18.6 Å². The Balaban J connectivity index is 0.000000686. The summed E-state index contributed by atoms with van der Waals surface area (Å²) in [5.74, 6) is 0.697. The van der Waals surface area contributed by atoms with Gasteiger partial charge in [0, 0.05) is 17.1 Å². The lowest BCUT2D eigenvalue weighted by Gasteiger charge is -2.01. The first-order valence-corrected chi connectivity index (χ1v) is 5.86. The van der Waals surface area contributed by atoms with Crippen LogP contribution in [0.2, 0.25) is 0 Å². The van der Waals surface area contributed by atoms with Gasteiger partial charge in [-0.2, -0.15) is 4.89 Å². The normalized spacial score (nSPS) is 9.88. The molecule has 0 spiro atoms. The third-order valence-electron chi connectivity index (χ3n) is 2.33. The van der Waals surface area contributed by atoms with Crippen LogP contribution in [0.3, 0.4) is 0 Å². The average Bonchev–Trinajstić information content (AvgIpc) is 2.76. The second-order valence-electron chi connectivity index (χ2n) is 3.31. The Hall–Kier alpha value is -1.52. The number of benzene rings is 1. The number of nitrogens with one attached hydrogen (secondary N) is 1. The Morgan fingerprint density at radius 2 is 2.06 bits per heavy atom. The Labute approximate surface area is 102 Å². The lowest BCUT2D eigenvalue weighted by atomic mass is 10.1. The average molecular weight is 236 g/mol. The van der Waals surface area contributed by atoms with Crippen LogP contribution in [0.5, 0.6) is 5.75 Å². The Kier molecular flexibility index (Phi) is 5.52. The fourth-order valence-electron chi connectivity index (χ4n) is 1.67. The number of H-pyrrole nitrogens is 1. The molecule has 0 atom stereocenters. The maximum Gasteiger partial charge on any atom is 0.166 e. The molecule has 1 aromatic carbocycles. The first kappa shape index (κ1) is 13.5. The largest absolute Gasteiger partial charge is 0.361 e. The van der Waals surface area contributed by atoms with Gasteiger partial charge < -0.3 is 15.6 Å². The monoisotopic (exact) mass is 236 g/mol. The second-order valence-corrected chi connectivity index (χ2v) is 3.31. The van der Waals surface area contributed by atoms with Crippen molar-refractivity contribution in [3.05, 3.63) is 30.0 Å². The van der Waals surface area contributed by atoms with Gasteiger partial charge in [0.25, 0.3) is 0 Å². The predicted octanol–water partition coefficient (Wildman–Crippen LogP) is 2.64. The van der Waals surface area contributed by atoms with Crippen LogP contribution in [0.4, 0.5) is 0 Å². The van der Waals surface area contributed by atoms with E-state index in [2.05, 4.69) is 9.87 Å². The van der Waals surface area contributed by atoms with Gasteiger partial charge in [-0.3, -0.25) is 0 Å². The van der Waals surface area contributed by atoms with Crippen LogP contribution in [0.1, 0.15) is 19.4 Å². The number of nitrogens with two attached hydrogens (primary N) is 1. The van der Waals surface area contributed by atoms with Gasteiger partial charge in [0.1, 0.15) is 0 Å². The summed E-state index contributed by atoms with van der Waals surface area (Å²) in [7, 11) is 1.49. The van der Waals surface area contributed by atoms with E-state index in [4.69, 9.17) is 10.6 Å². The number of hydrogen-bond donors (Lipinski definition) is 2. The van der Waals surface area contributed by atoms with Crippen LogP contribution in [0.25, 0.3) is 10.9 Å². The smallest absolute Gasteiger partial charge is 0.166 e. The van der Waals surface area contributed by atoms with Gasteiger partial charge in [-0.25, -0.2) is 0 Å².